The van der Waals surface area contributed by atoms with Gasteiger partial charge in [-0.25, -0.2) is 0 Å². The van der Waals surface area contributed by atoms with Crippen LogP contribution in [0.1, 0.15) is 24.3 Å². The van der Waals surface area contributed by atoms with E-state index < -0.39 is 0 Å². The molecule has 0 unspecified atom stereocenters. The Hall–Kier alpha value is -0.890. The van der Waals surface area contributed by atoms with E-state index in [1.807, 2.05) is 11.4 Å². The van der Waals surface area contributed by atoms with Crippen LogP contribution in [0.5, 0.6) is 0 Å². The molecule has 16 heavy (non-hydrogen) atoms. The minimum absolute atomic E-state index is 0.769. The lowest BCUT2D eigenvalue weighted by molar-refractivity contribution is 0.302. The summed E-state index contributed by atoms with van der Waals surface area (Å²) < 4.78 is 0. The van der Waals surface area contributed by atoms with Crippen molar-refractivity contribution in [3.63, 3.8) is 0 Å². The van der Waals surface area contributed by atoms with Crippen LogP contribution in [-0.4, -0.2) is 31.1 Å². The van der Waals surface area contributed by atoms with Gasteiger partial charge in [-0.05, 0) is 19.2 Å². The summed E-state index contributed by atoms with van der Waals surface area (Å²) in [7, 11) is 0. The summed E-state index contributed by atoms with van der Waals surface area (Å²) in [5.74, 6) is 0. The van der Waals surface area contributed by atoms with E-state index in [-0.39, 0.29) is 0 Å². The Morgan fingerprint density at radius 3 is 2.75 bits per heavy atom. The van der Waals surface area contributed by atoms with Crippen molar-refractivity contribution in [3.8, 4) is 6.07 Å². The van der Waals surface area contributed by atoms with E-state index in [1.54, 1.807) is 11.3 Å². The van der Waals surface area contributed by atoms with E-state index in [0.717, 1.165) is 38.3 Å². The molecule has 0 saturated heterocycles. The minimum Gasteiger partial charge on any atom is -0.311 e. The molecule has 1 N–H and O–H groups in total. The Labute approximate surface area is 102 Å². The number of nitriles is 1. The molecule has 88 valence electrons. The number of hydrogen-bond acceptors (Lipinski definition) is 4. The van der Waals surface area contributed by atoms with E-state index >= 15 is 0 Å². The quantitative estimate of drug-likeness (QED) is 0.738. The summed E-state index contributed by atoms with van der Waals surface area (Å²) in [4.78, 5) is 3.62. The zero-order valence-corrected chi connectivity index (χ0v) is 10.8. The van der Waals surface area contributed by atoms with Crippen LogP contribution in [-0.2, 0) is 6.54 Å². The fraction of sp³-hybridized carbons (Fsp3) is 0.583. The molecule has 0 spiro atoms. The van der Waals surface area contributed by atoms with Gasteiger partial charge >= 0.3 is 0 Å². The summed E-state index contributed by atoms with van der Waals surface area (Å²) in [6.45, 7) is 9.54. The van der Waals surface area contributed by atoms with Crippen LogP contribution >= 0.6 is 11.3 Å². The Bertz CT molecular complexity index is 336. The smallest absolute Gasteiger partial charge is 0.100 e. The molecule has 0 saturated carbocycles. The minimum atomic E-state index is 0.769. The predicted molar refractivity (Wildman–Crippen MR) is 68.5 cm³/mol. The van der Waals surface area contributed by atoms with Gasteiger partial charge in [0.25, 0.3) is 0 Å². The van der Waals surface area contributed by atoms with Gasteiger partial charge in [0.15, 0.2) is 0 Å². The molecule has 4 heteroatoms. The SMILES string of the molecule is CCN(CC)CCNCc1cc(C#N)cs1. The van der Waals surface area contributed by atoms with Crippen molar-refractivity contribution < 1.29 is 0 Å². The van der Waals surface area contributed by atoms with Gasteiger partial charge in [-0.2, -0.15) is 5.26 Å². The van der Waals surface area contributed by atoms with Gasteiger partial charge in [0, 0.05) is 29.9 Å². The van der Waals surface area contributed by atoms with Crippen molar-refractivity contribution in [2.75, 3.05) is 26.2 Å². The first-order chi connectivity index (χ1) is 7.80. The van der Waals surface area contributed by atoms with E-state index in [2.05, 4.69) is 30.1 Å². The monoisotopic (exact) mass is 237 g/mol. The zero-order valence-electron chi connectivity index (χ0n) is 9.99. The number of nitrogens with zero attached hydrogens (tertiary/aromatic N) is 2. The summed E-state index contributed by atoms with van der Waals surface area (Å²) in [5.41, 5.74) is 0.769. The molecule has 0 aliphatic heterocycles. The molecule has 1 aromatic heterocycles. The summed E-state index contributed by atoms with van der Waals surface area (Å²) in [5, 5.41) is 14.0. The topological polar surface area (TPSA) is 39.1 Å². The molecule has 0 aromatic carbocycles. The maximum atomic E-state index is 8.69. The molecule has 3 nitrogen and oxygen atoms in total. The highest BCUT2D eigenvalue weighted by molar-refractivity contribution is 7.10. The van der Waals surface area contributed by atoms with Crippen LogP contribution in [0.2, 0.25) is 0 Å². The molecule has 0 bridgehead atoms. The largest absolute Gasteiger partial charge is 0.311 e. The third-order valence-electron chi connectivity index (χ3n) is 2.58. The van der Waals surface area contributed by atoms with E-state index in [0.29, 0.717) is 0 Å². The molecule has 1 heterocycles. The van der Waals surface area contributed by atoms with Gasteiger partial charge in [-0.15, -0.1) is 11.3 Å². The summed E-state index contributed by atoms with van der Waals surface area (Å²) in [6.07, 6.45) is 0. The lowest BCUT2D eigenvalue weighted by Gasteiger charge is -2.17. The Morgan fingerprint density at radius 1 is 1.44 bits per heavy atom. The second-order valence-corrected chi connectivity index (χ2v) is 4.61. The molecular weight excluding hydrogens is 218 g/mol. The Kier molecular flexibility index (Phi) is 6.09. The zero-order chi connectivity index (χ0) is 11.8. The van der Waals surface area contributed by atoms with Crippen molar-refractivity contribution in [1.29, 1.82) is 5.26 Å². The normalized spacial score (nSPS) is 10.6. The number of rotatable bonds is 7. The van der Waals surface area contributed by atoms with Crippen LogP contribution < -0.4 is 5.32 Å². The Morgan fingerprint density at radius 2 is 2.19 bits per heavy atom. The van der Waals surface area contributed by atoms with Gasteiger partial charge in [0.1, 0.15) is 6.07 Å². The standard InChI is InChI=1S/C12H19N3S/c1-3-15(4-2)6-5-14-9-12-7-11(8-13)10-16-12/h7,10,14H,3-6,9H2,1-2H3. The highest BCUT2D eigenvalue weighted by atomic mass is 32.1. The maximum absolute atomic E-state index is 8.69. The van der Waals surface area contributed by atoms with Crippen molar-refractivity contribution in [2.24, 2.45) is 0 Å². The maximum Gasteiger partial charge on any atom is 0.100 e. The lowest BCUT2D eigenvalue weighted by atomic mass is 10.3. The van der Waals surface area contributed by atoms with Gasteiger partial charge in [0.2, 0.25) is 0 Å². The molecular formula is C12H19N3S. The molecule has 0 aliphatic rings. The molecule has 0 fully saturated rings. The van der Waals surface area contributed by atoms with Crippen LogP contribution in [0, 0.1) is 11.3 Å². The number of likely N-dealkylation sites (N-methyl/N-ethyl adjacent to an activating group) is 1. The molecule has 0 aliphatic carbocycles. The number of nitrogens with one attached hydrogen (secondary N) is 1. The number of hydrogen-bond donors (Lipinski definition) is 1. The van der Waals surface area contributed by atoms with E-state index in [4.69, 9.17) is 5.26 Å². The average molecular weight is 237 g/mol. The fourth-order valence-corrected chi connectivity index (χ4v) is 2.30. The van der Waals surface area contributed by atoms with Gasteiger partial charge in [-0.1, -0.05) is 13.8 Å². The second-order valence-electron chi connectivity index (χ2n) is 3.62. The van der Waals surface area contributed by atoms with Crippen LogP contribution in [0.4, 0.5) is 0 Å². The van der Waals surface area contributed by atoms with Crippen molar-refractivity contribution in [1.82, 2.24) is 10.2 Å². The third-order valence-corrected chi connectivity index (χ3v) is 3.52. The molecule has 0 atom stereocenters. The molecule has 0 radical (unpaired) electrons. The van der Waals surface area contributed by atoms with Crippen molar-refractivity contribution in [3.05, 3.63) is 21.9 Å². The van der Waals surface area contributed by atoms with Crippen LogP contribution in [0.25, 0.3) is 0 Å². The lowest BCUT2D eigenvalue weighted by Crippen LogP contribution is -2.31. The van der Waals surface area contributed by atoms with Crippen LogP contribution in [0.3, 0.4) is 0 Å². The first-order valence-corrected chi connectivity index (χ1v) is 6.58. The summed E-state index contributed by atoms with van der Waals surface area (Å²) >= 11 is 1.65. The Balaban J connectivity index is 2.18. The molecule has 1 rings (SSSR count). The third kappa shape index (κ3) is 4.31. The van der Waals surface area contributed by atoms with E-state index in [1.165, 1.54) is 4.88 Å². The first-order valence-electron chi connectivity index (χ1n) is 5.70. The highest BCUT2D eigenvalue weighted by Crippen LogP contribution is 2.12. The second kappa shape index (κ2) is 7.39. The van der Waals surface area contributed by atoms with E-state index in [9.17, 15) is 0 Å². The van der Waals surface area contributed by atoms with Gasteiger partial charge in [-0.3, -0.25) is 0 Å². The first kappa shape index (κ1) is 13.2. The average Bonchev–Trinajstić information content (AvgIpc) is 2.77. The molecule has 1 aromatic rings. The van der Waals surface area contributed by atoms with Crippen molar-refractivity contribution >= 4 is 11.3 Å². The predicted octanol–water partition coefficient (Wildman–Crippen LogP) is 2.05. The summed E-state index contributed by atoms with van der Waals surface area (Å²) in [6, 6.07) is 4.10. The highest BCUT2D eigenvalue weighted by Gasteiger charge is 2.00. The van der Waals surface area contributed by atoms with Crippen LogP contribution in [0.15, 0.2) is 11.4 Å². The fourth-order valence-electron chi connectivity index (χ4n) is 1.52. The molecule has 0 amide bonds. The van der Waals surface area contributed by atoms with Gasteiger partial charge in [0.05, 0.1) is 5.56 Å². The van der Waals surface area contributed by atoms with Gasteiger partial charge < -0.3 is 10.2 Å². The van der Waals surface area contributed by atoms with Crippen molar-refractivity contribution in [2.45, 2.75) is 20.4 Å². The number of thiophene rings is 1.